The quantitative estimate of drug-likeness (QED) is 0.626. The number of carbonyl (C=O) groups excluding carboxylic acids is 1. The topological polar surface area (TPSA) is 59.0 Å². The van der Waals surface area contributed by atoms with Gasteiger partial charge in [0.15, 0.2) is 0 Å². The third-order valence-corrected chi connectivity index (χ3v) is 3.92. The average Bonchev–Trinajstić information content (AvgIpc) is 2.80. The van der Waals surface area contributed by atoms with Gasteiger partial charge in [-0.05, 0) is 19.8 Å². The Balaban J connectivity index is 0.00000220. The molecule has 0 radical (unpaired) electrons. The van der Waals surface area contributed by atoms with E-state index in [0.717, 1.165) is 13.1 Å². The lowest BCUT2D eigenvalue weighted by molar-refractivity contribution is 0.0953. The van der Waals surface area contributed by atoms with Gasteiger partial charge in [-0.2, -0.15) is 5.10 Å². The number of amides is 1. The van der Waals surface area contributed by atoms with E-state index in [2.05, 4.69) is 15.7 Å². The minimum absolute atomic E-state index is 0. The van der Waals surface area contributed by atoms with Gasteiger partial charge in [-0.15, -0.1) is 12.4 Å². The highest BCUT2D eigenvalue weighted by molar-refractivity contribution is 5.93. The van der Waals surface area contributed by atoms with Crippen molar-refractivity contribution in [1.82, 2.24) is 20.4 Å². The summed E-state index contributed by atoms with van der Waals surface area (Å²) in [5, 5.41) is 10.6. The van der Waals surface area contributed by atoms with Crippen LogP contribution in [0.15, 0.2) is 12.4 Å². The molecule has 1 amide bonds. The van der Waals surface area contributed by atoms with E-state index in [-0.39, 0.29) is 18.3 Å². The monoisotopic (exact) mass is 314 g/mol. The van der Waals surface area contributed by atoms with E-state index >= 15 is 0 Å². The normalized spacial score (nSPS) is 16.0. The molecule has 0 spiro atoms. The Morgan fingerprint density at radius 1 is 1.29 bits per heavy atom. The lowest BCUT2D eigenvalue weighted by Crippen LogP contribution is -2.36. The fourth-order valence-electron chi connectivity index (χ4n) is 2.69. The van der Waals surface area contributed by atoms with Gasteiger partial charge in [-0.25, -0.2) is 0 Å². The first-order valence-electron chi connectivity index (χ1n) is 7.83. The van der Waals surface area contributed by atoms with Crippen LogP contribution in [0.1, 0.15) is 55.8 Å². The van der Waals surface area contributed by atoms with Crippen molar-refractivity contribution in [3.63, 3.8) is 0 Å². The van der Waals surface area contributed by atoms with Gasteiger partial charge >= 0.3 is 0 Å². The molecule has 0 saturated heterocycles. The molecule has 21 heavy (non-hydrogen) atoms. The Morgan fingerprint density at radius 3 is 2.62 bits per heavy atom. The highest BCUT2D eigenvalue weighted by Gasteiger charge is 2.11. The van der Waals surface area contributed by atoms with Crippen LogP contribution in [0.25, 0.3) is 0 Å². The smallest absolute Gasteiger partial charge is 0.254 e. The van der Waals surface area contributed by atoms with Crippen LogP contribution in [0, 0.1) is 0 Å². The lowest BCUT2D eigenvalue weighted by Gasteiger charge is -2.16. The maximum atomic E-state index is 11.9. The Kier molecular flexibility index (Phi) is 8.38. The molecule has 0 aromatic carbocycles. The van der Waals surface area contributed by atoms with Gasteiger partial charge in [-0.3, -0.25) is 9.48 Å². The van der Waals surface area contributed by atoms with Gasteiger partial charge in [0, 0.05) is 31.9 Å². The van der Waals surface area contributed by atoms with Gasteiger partial charge in [-0.1, -0.05) is 25.7 Å². The second-order valence-corrected chi connectivity index (χ2v) is 5.48. The molecule has 1 heterocycles. The number of halogens is 1. The molecule has 2 N–H and O–H groups in total. The number of nitrogens with one attached hydrogen (secondary N) is 2. The van der Waals surface area contributed by atoms with E-state index in [1.807, 2.05) is 6.92 Å². The van der Waals surface area contributed by atoms with Gasteiger partial charge < -0.3 is 10.6 Å². The molecule has 120 valence electrons. The number of aryl methyl sites for hydroxylation is 1. The minimum atomic E-state index is -0.0348. The third-order valence-electron chi connectivity index (χ3n) is 3.92. The zero-order valence-corrected chi connectivity index (χ0v) is 13.6. The number of carbonyl (C=O) groups is 1. The van der Waals surface area contributed by atoms with Crippen molar-refractivity contribution in [2.24, 2.45) is 0 Å². The molecular weight excluding hydrogens is 288 g/mol. The van der Waals surface area contributed by atoms with Crippen LogP contribution < -0.4 is 10.6 Å². The third kappa shape index (κ3) is 6.06. The number of nitrogens with zero attached hydrogens (tertiary/aromatic N) is 2. The van der Waals surface area contributed by atoms with Crippen molar-refractivity contribution >= 4 is 18.3 Å². The molecule has 0 atom stereocenters. The zero-order chi connectivity index (χ0) is 14.2. The Labute approximate surface area is 133 Å². The second-order valence-electron chi connectivity index (χ2n) is 5.48. The fourth-order valence-corrected chi connectivity index (χ4v) is 2.69. The predicted octanol–water partition coefficient (Wildman–Crippen LogP) is 2.37. The van der Waals surface area contributed by atoms with Crippen LogP contribution >= 0.6 is 12.4 Å². The first-order valence-corrected chi connectivity index (χ1v) is 7.83. The van der Waals surface area contributed by atoms with Crippen molar-refractivity contribution in [3.8, 4) is 0 Å². The summed E-state index contributed by atoms with van der Waals surface area (Å²) in [5.41, 5.74) is 0.640. The summed E-state index contributed by atoms with van der Waals surface area (Å²) in [7, 11) is 0. The molecule has 6 heteroatoms. The number of hydrogen-bond donors (Lipinski definition) is 2. The molecule has 0 bridgehead atoms. The van der Waals surface area contributed by atoms with Crippen LogP contribution in [-0.2, 0) is 6.54 Å². The SMILES string of the molecule is CCn1cc(C(=O)NCCNC2CCCCCC2)cn1.Cl. The lowest BCUT2D eigenvalue weighted by atomic mass is 10.1. The van der Waals surface area contributed by atoms with E-state index in [1.54, 1.807) is 17.1 Å². The zero-order valence-electron chi connectivity index (χ0n) is 12.8. The molecule has 1 aromatic heterocycles. The van der Waals surface area contributed by atoms with E-state index in [0.29, 0.717) is 18.2 Å². The Morgan fingerprint density at radius 2 is 2.00 bits per heavy atom. The summed E-state index contributed by atoms with van der Waals surface area (Å²) in [4.78, 5) is 11.9. The van der Waals surface area contributed by atoms with Crippen molar-refractivity contribution in [2.45, 2.75) is 58.0 Å². The van der Waals surface area contributed by atoms with Gasteiger partial charge in [0.1, 0.15) is 0 Å². The van der Waals surface area contributed by atoms with Crippen molar-refractivity contribution < 1.29 is 4.79 Å². The predicted molar refractivity (Wildman–Crippen MR) is 87.0 cm³/mol. The molecule has 0 aliphatic heterocycles. The molecule has 2 rings (SSSR count). The minimum Gasteiger partial charge on any atom is -0.351 e. The molecule has 1 fully saturated rings. The van der Waals surface area contributed by atoms with Crippen LogP contribution in [0.5, 0.6) is 0 Å². The Bertz CT molecular complexity index is 414. The van der Waals surface area contributed by atoms with Gasteiger partial charge in [0.25, 0.3) is 5.91 Å². The van der Waals surface area contributed by atoms with Gasteiger partial charge in [0.2, 0.25) is 0 Å². The largest absolute Gasteiger partial charge is 0.351 e. The summed E-state index contributed by atoms with van der Waals surface area (Å²) >= 11 is 0. The number of hydrogen-bond acceptors (Lipinski definition) is 3. The molecule has 1 aromatic rings. The fraction of sp³-hybridized carbons (Fsp3) is 0.733. The summed E-state index contributed by atoms with van der Waals surface area (Å²) in [6.07, 6.45) is 11.4. The first-order chi connectivity index (χ1) is 9.79. The maximum Gasteiger partial charge on any atom is 0.254 e. The summed E-state index contributed by atoms with van der Waals surface area (Å²) < 4.78 is 1.76. The van der Waals surface area contributed by atoms with E-state index in [4.69, 9.17) is 0 Å². The first kappa shape index (κ1) is 18.0. The molecule has 1 aliphatic rings. The van der Waals surface area contributed by atoms with Crippen molar-refractivity contribution in [3.05, 3.63) is 18.0 Å². The van der Waals surface area contributed by atoms with E-state index in [1.165, 1.54) is 38.5 Å². The summed E-state index contributed by atoms with van der Waals surface area (Å²) in [6, 6.07) is 0.636. The molecular formula is C15H27ClN4O. The van der Waals surface area contributed by atoms with Crippen LogP contribution in [0.3, 0.4) is 0 Å². The van der Waals surface area contributed by atoms with Gasteiger partial charge in [0.05, 0.1) is 11.8 Å². The van der Waals surface area contributed by atoms with E-state index in [9.17, 15) is 4.79 Å². The number of aromatic nitrogens is 2. The average molecular weight is 315 g/mol. The Hall–Kier alpha value is -1.07. The molecule has 1 aliphatic carbocycles. The molecule has 0 unspecified atom stereocenters. The highest BCUT2D eigenvalue weighted by Crippen LogP contribution is 2.16. The van der Waals surface area contributed by atoms with Crippen LogP contribution in [0.4, 0.5) is 0 Å². The molecule has 5 nitrogen and oxygen atoms in total. The van der Waals surface area contributed by atoms with Crippen molar-refractivity contribution in [2.75, 3.05) is 13.1 Å². The second kappa shape index (κ2) is 9.79. The standard InChI is InChI=1S/C15H26N4O.ClH/c1-2-19-12-13(11-18-19)15(20)17-10-9-16-14-7-5-3-4-6-8-14;/h11-12,14,16H,2-10H2,1H3,(H,17,20);1H. The maximum absolute atomic E-state index is 11.9. The highest BCUT2D eigenvalue weighted by atomic mass is 35.5. The van der Waals surface area contributed by atoms with E-state index < -0.39 is 0 Å². The summed E-state index contributed by atoms with van der Waals surface area (Å²) in [5.74, 6) is -0.0348. The van der Waals surface area contributed by atoms with Crippen LogP contribution in [-0.4, -0.2) is 34.8 Å². The summed E-state index contributed by atoms with van der Waals surface area (Å²) in [6.45, 7) is 4.31. The molecule has 1 saturated carbocycles. The van der Waals surface area contributed by atoms with Crippen LogP contribution in [0.2, 0.25) is 0 Å². The van der Waals surface area contributed by atoms with Crippen molar-refractivity contribution in [1.29, 1.82) is 0 Å². The number of rotatable bonds is 6.